The van der Waals surface area contributed by atoms with Gasteiger partial charge in [0.1, 0.15) is 0 Å². The summed E-state index contributed by atoms with van der Waals surface area (Å²) in [5.74, 6) is 1.18. The van der Waals surface area contributed by atoms with Crippen LogP contribution in [0.1, 0.15) is 51.9 Å². The molecule has 1 unspecified atom stereocenters. The molecule has 2 fully saturated rings. The molecule has 1 saturated heterocycles. The second kappa shape index (κ2) is 5.67. The van der Waals surface area contributed by atoms with Crippen molar-refractivity contribution < 1.29 is 4.79 Å². The lowest BCUT2D eigenvalue weighted by Crippen LogP contribution is -2.49. The summed E-state index contributed by atoms with van der Waals surface area (Å²) in [4.78, 5) is 11.0. The molecule has 1 saturated carbocycles. The predicted molar refractivity (Wildman–Crippen MR) is 65.2 cm³/mol. The van der Waals surface area contributed by atoms with Gasteiger partial charge in [0.05, 0.1) is 0 Å². The Hall–Kier alpha value is -0.570. The summed E-state index contributed by atoms with van der Waals surface area (Å²) in [5, 5.41) is 6.65. The van der Waals surface area contributed by atoms with Crippen molar-refractivity contribution >= 4 is 5.91 Å². The summed E-state index contributed by atoms with van der Waals surface area (Å²) in [7, 11) is 0. The quantitative estimate of drug-likeness (QED) is 0.768. The molecule has 1 aliphatic carbocycles. The highest BCUT2D eigenvalue weighted by atomic mass is 16.1. The van der Waals surface area contributed by atoms with Crippen molar-refractivity contribution in [2.75, 3.05) is 6.54 Å². The maximum absolute atomic E-state index is 11.0. The third-order valence-corrected chi connectivity index (χ3v) is 4.16. The van der Waals surface area contributed by atoms with Crippen molar-refractivity contribution in [3.8, 4) is 0 Å². The van der Waals surface area contributed by atoms with E-state index in [0.717, 1.165) is 18.9 Å². The molecule has 3 heteroatoms. The van der Waals surface area contributed by atoms with Gasteiger partial charge < -0.3 is 10.6 Å². The third-order valence-electron chi connectivity index (χ3n) is 4.16. The smallest absolute Gasteiger partial charge is 0.220 e. The molecule has 1 aliphatic heterocycles. The summed E-state index contributed by atoms with van der Waals surface area (Å²) in [5.41, 5.74) is 0. The van der Waals surface area contributed by atoms with E-state index in [2.05, 4.69) is 17.6 Å². The summed E-state index contributed by atoms with van der Waals surface area (Å²) in [6.45, 7) is 3.13. The molecule has 0 spiro atoms. The number of carbonyl (C=O) groups excluding carboxylic acids is 1. The van der Waals surface area contributed by atoms with E-state index in [1.165, 1.54) is 32.1 Å². The Balaban J connectivity index is 1.68. The highest BCUT2D eigenvalue weighted by Gasteiger charge is 2.24. The van der Waals surface area contributed by atoms with Gasteiger partial charge in [0, 0.05) is 25.0 Å². The molecule has 1 amide bonds. The molecule has 3 nitrogen and oxygen atoms in total. The first-order valence-corrected chi connectivity index (χ1v) is 6.80. The first kappa shape index (κ1) is 11.9. The van der Waals surface area contributed by atoms with E-state index in [1.54, 1.807) is 0 Å². The fraction of sp³-hybridized carbons (Fsp3) is 0.923. The molecule has 2 rings (SSSR count). The van der Waals surface area contributed by atoms with Crippen LogP contribution in [0.25, 0.3) is 0 Å². The Bertz CT molecular complexity index is 224. The zero-order valence-corrected chi connectivity index (χ0v) is 10.3. The van der Waals surface area contributed by atoms with E-state index in [-0.39, 0.29) is 5.91 Å². The zero-order valence-electron chi connectivity index (χ0n) is 10.3. The van der Waals surface area contributed by atoms with E-state index >= 15 is 0 Å². The number of nitrogens with one attached hydrogen (secondary N) is 2. The SMILES string of the molecule is CCC1CCC(NC2CCC(=O)NC2)CC1. The fourth-order valence-corrected chi connectivity index (χ4v) is 2.95. The molecule has 0 aromatic heterocycles. The number of amides is 1. The van der Waals surface area contributed by atoms with Gasteiger partial charge in [-0.25, -0.2) is 0 Å². The predicted octanol–water partition coefficient (Wildman–Crippen LogP) is 1.82. The fourth-order valence-electron chi connectivity index (χ4n) is 2.95. The molecule has 1 atom stereocenters. The van der Waals surface area contributed by atoms with Gasteiger partial charge >= 0.3 is 0 Å². The average Bonchev–Trinajstić information content (AvgIpc) is 2.33. The Morgan fingerprint density at radius 1 is 1.19 bits per heavy atom. The van der Waals surface area contributed by atoms with Crippen LogP contribution in [-0.2, 0) is 4.79 Å². The van der Waals surface area contributed by atoms with E-state index in [0.29, 0.717) is 18.5 Å². The van der Waals surface area contributed by atoms with Crippen molar-refractivity contribution in [3.63, 3.8) is 0 Å². The summed E-state index contributed by atoms with van der Waals surface area (Å²) >= 11 is 0. The topological polar surface area (TPSA) is 41.1 Å². The summed E-state index contributed by atoms with van der Waals surface area (Å²) in [6, 6.07) is 1.21. The van der Waals surface area contributed by atoms with Gasteiger partial charge in [0.2, 0.25) is 5.91 Å². The van der Waals surface area contributed by atoms with E-state index < -0.39 is 0 Å². The molecule has 16 heavy (non-hydrogen) atoms. The monoisotopic (exact) mass is 224 g/mol. The summed E-state index contributed by atoms with van der Waals surface area (Å²) < 4.78 is 0. The van der Waals surface area contributed by atoms with Crippen LogP contribution in [0.3, 0.4) is 0 Å². The first-order valence-electron chi connectivity index (χ1n) is 6.80. The minimum Gasteiger partial charge on any atom is -0.355 e. The van der Waals surface area contributed by atoms with Crippen LogP contribution in [0.15, 0.2) is 0 Å². The molecule has 2 aliphatic rings. The maximum atomic E-state index is 11.0. The zero-order chi connectivity index (χ0) is 11.4. The Morgan fingerprint density at radius 3 is 2.50 bits per heavy atom. The van der Waals surface area contributed by atoms with Crippen LogP contribution in [0.4, 0.5) is 0 Å². The molecule has 0 aromatic rings. The van der Waals surface area contributed by atoms with Crippen LogP contribution in [0.2, 0.25) is 0 Å². The first-order chi connectivity index (χ1) is 7.78. The molecule has 0 aromatic carbocycles. The highest BCUT2D eigenvalue weighted by Crippen LogP contribution is 2.26. The normalized spacial score (nSPS) is 35.8. The van der Waals surface area contributed by atoms with Crippen molar-refractivity contribution in [1.82, 2.24) is 10.6 Å². The van der Waals surface area contributed by atoms with Gasteiger partial charge in [0.15, 0.2) is 0 Å². The van der Waals surface area contributed by atoms with Gasteiger partial charge in [-0.1, -0.05) is 13.3 Å². The Kier molecular flexibility index (Phi) is 4.22. The van der Waals surface area contributed by atoms with Crippen LogP contribution < -0.4 is 10.6 Å². The minimum absolute atomic E-state index is 0.216. The number of piperidine rings is 1. The number of hydrogen-bond donors (Lipinski definition) is 2. The number of rotatable bonds is 3. The molecule has 2 N–H and O–H groups in total. The number of carbonyl (C=O) groups is 1. The van der Waals surface area contributed by atoms with E-state index in [1.807, 2.05) is 0 Å². The van der Waals surface area contributed by atoms with Crippen molar-refractivity contribution in [2.45, 2.75) is 64.0 Å². The Labute approximate surface area is 98.4 Å². The van der Waals surface area contributed by atoms with Crippen molar-refractivity contribution in [3.05, 3.63) is 0 Å². The van der Waals surface area contributed by atoms with Crippen molar-refractivity contribution in [2.24, 2.45) is 5.92 Å². The Morgan fingerprint density at radius 2 is 1.94 bits per heavy atom. The molecule has 92 valence electrons. The molecular formula is C13H24N2O. The van der Waals surface area contributed by atoms with Crippen molar-refractivity contribution in [1.29, 1.82) is 0 Å². The molecule has 1 heterocycles. The minimum atomic E-state index is 0.216. The second-order valence-corrected chi connectivity index (χ2v) is 5.33. The van der Waals surface area contributed by atoms with E-state index in [9.17, 15) is 4.79 Å². The lowest BCUT2D eigenvalue weighted by atomic mass is 9.84. The van der Waals surface area contributed by atoms with E-state index in [4.69, 9.17) is 0 Å². The standard InChI is InChI=1S/C13H24N2O/c1-2-10-3-5-11(6-4-10)15-12-7-8-13(16)14-9-12/h10-12,15H,2-9H2,1H3,(H,14,16). The van der Waals surface area contributed by atoms with Crippen LogP contribution in [0.5, 0.6) is 0 Å². The van der Waals surface area contributed by atoms with Gasteiger partial charge in [-0.3, -0.25) is 4.79 Å². The molecule has 0 radical (unpaired) electrons. The van der Waals surface area contributed by atoms with Crippen LogP contribution in [-0.4, -0.2) is 24.5 Å². The summed E-state index contributed by atoms with van der Waals surface area (Å²) in [6.07, 6.45) is 8.46. The van der Waals surface area contributed by atoms with Crippen LogP contribution >= 0.6 is 0 Å². The van der Waals surface area contributed by atoms with Gasteiger partial charge in [-0.2, -0.15) is 0 Å². The average molecular weight is 224 g/mol. The van der Waals surface area contributed by atoms with Gasteiger partial charge in [-0.15, -0.1) is 0 Å². The third kappa shape index (κ3) is 3.21. The largest absolute Gasteiger partial charge is 0.355 e. The second-order valence-electron chi connectivity index (χ2n) is 5.33. The van der Waals surface area contributed by atoms with Gasteiger partial charge in [-0.05, 0) is 38.0 Å². The van der Waals surface area contributed by atoms with Gasteiger partial charge in [0.25, 0.3) is 0 Å². The molecule has 0 bridgehead atoms. The lowest BCUT2D eigenvalue weighted by Gasteiger charge is -2.33. The highest BCUT2D eigenvalue weighted by molar-refractivity contribution is 5.76. The van der Waals surface area contributed by atoms with Crippen LogP contribution in [0, 0.1) is 5.92 Å². The lowest BCUT2D eigenvalue weighted by molar-refractivity contribution is -0.122. The molecular weight excluding hydrogens is 200 g/mol. The maximum Gasteiger partial charge on any atom is 0.220 e. The number of hydrogen-bond acceptors (Lipinski definition) is 2.